The standard InChI is InChI=1S/C16H23N3O2/c1-14-6-3-4-7-15(14)21-13-5-9-18(2)11-12-19-10-8-17-16(19)20/h3-4,6-8,10H,5,9,11-13H2,1-2H3,(H,17,20). The SMILES string of the molecule is Cc1ccccc1OCCCN(C)CCn1cc[nH]c1=O. The number of benzene rings is 1. The van der Waals surface area contributed by atoms with Crippen LogP contribution in [0.2, 0.25) is 0 Å². The fourth-order valence-corrected chi connectivity index (χ4v) is 2.15. The molecule has 114 valence electrons. The molecule has 0 bridgehead atoms. The molecule has 5 nitrogen and oxygen atoms in total. The highest BCUT2D eigenvalue weighted by atomic mass is 16.5. The van der Waals surface area contributed by atoms with E-state index >= 15 is 0 Å². The topological polar surface area (TPSA) is 50.3 Å². The molecule has 0 unspecified atom stereocenters. The number of nitrogens with zero attached hydrogens (tertiary/aromatic N) is 2. The first-order chi connectivity index (χ1) is 10.2. The van der Waals surface area contributed by atoms with Crippen molar-refractivity contribution in [3.8, 4) is 5.75 Å². The van der Waals surface area contributed by atoms with Crippen LogP contribution < -0.4 is 10.4 Å². The lowest BCUT2D eigenvalue weighted by Crippen LogP contribution is -2.28. The Hall–Kier alpha value is -2.01. The van der Waals surface area contributed by atoms with Gasteiger partial charge in [-0.15, -0.1) is 0 Å². The Morgan fingerprint density at radius 2 is 2.10 bits per heavy atom. The van der Waals surface area contributed by atoms with Gasteiger partial charge in [0.15, 0.2) is 0 Å². The minimum absolute atomic E-state index is 0.0497. The number of hydrogen-bond acceptors (Lipinski definition) is 3. The molecule has 1 aromatic carbocycles. The third-order valence-corrected chi connectivity index (χ3v) is 3.48. The first kappa shape index (κ1) is 15.4. The van der Waals surface area contributed by atoms with E-state index in [0.29, 0.717) is 13.2 Å². The average molecular weight is 289 g/mol. The normalized spacial score (nSPS) is 11.0. The number of imidazole rings is 1. The Bertz CT molecular complexity index is 603. The molecule has 0 radical (unpaired) electrons. The van der Waals surface area contributed by atoms with Crippen LogP contribution in [-0.2, 0) is 6.54 Å². The minimum Gasteiger partial charge on any atom is -0.493 e. The second-order valence-electron chi connectivity index (χ2n) is 5.23. The quantitative estimate of drug-likeness (QED) is 0.755. The zero-order valence-electron chi connectivity index (χ0n) is 12.7. The summed E-state index contributed by atoms with van der Waals surface area (Å²) in [6.45, 7) is 5.26. The summed E-state index contributed by atoms with van der Waals surface area (Å²) in [4.78, 5) is 16.2. The molecule has 0 saturated carbocycles. The van der Waals surface area contributed by atoms with Crippen molar-refractivity contribution < 1.29 is 4.74 Å². The molecule has 0 aliphatic carbocycles. The van der Waals surface area contributed by atoms with Crippen molar-refractivity contribution in [2.45, 2.75) is 19.9 Å². The zero-order valence-corrected chi connectivity index (χ0v) is 12.7. The molecular weight excluding hydrogens is 266 g/mol. The number of nitrogens with one attached hydrogen (secondary N) is 1. The maximum atomic E-state index is 11.3. The Kier molecular flexibility index (Phi) is 5.63. The highest BCUT2D eigenvalue weighted by Crippen LogP contribution is 2.16. The lowest BCUT2D eigenvalue weighted by molar-refractivity contribution is 0.256. The van der Waals surface area contributed by atoms with Gasteiger partial charge in [-0.2, -0.15) is 0 Å². The Morgan fingerprint density at radius 3 is 2.81 bits per heavy atom. The highest BCUT2D eigenvalue weighted by Gasteiger charge is 2.02. The number of aromatic amines is 1. The summed E-state index contributed by atoms with van der Waals surface area (Å²) in [5, 5.41) is 0. The van der Waals surface area contributed by atoms with E-state index in [2.05, 4.69) is 29.9 Å². The number of para-hydroxylation sites is 1. The molecule has 1 aromatic heterocycles. The highest BCUT2D eigenvalue weighted by molar-refractivity contribution is 5.31. The van der Waals surface area contributed by atoms with E-state index in [9.17, 15) is 4.79 Å². The van der Waals surface area contributed by atoms with Crippen molar-refractivity contribution in [2.24, 2.45) is 0 Å². The first-order valence-corrected chi connectivity index (χ1v) is 7.27. The number of aromatic nitrogens is 2. The molecule has 1 N–H and O–H groups in total. The molecule has 0 saturated heterocycles. The van der Waals surface area contributed by atoms with Crippen LogP contribution in [-0.4, -0.2) is 41.2 Å². The van der Waals surface area contributed by atoms with Crippen LogP contribution in [0.5, 0.6) is 5.75 Å². The predicted octanol–water partition coefficient (Wildman–Crippen LogP) is 1.89. The number of ether oxygens (including phenoxy) is 1. The molecule has 5 heteroatoms. The van der Waals surface area contributed by atoms with Gasteiger partial charge >= 0.3 is 5.69 Å². The van der Waals surface area contributed by atoms with Gasteiger partial charge in [0.1, 0.15) is 5.75 Å². The van der Waals surface area contributed by atoms with Crippen molar-refractivity contribution in [3.05, 3.63) is 52.7 Å². The van der Waals surface area contributed by atoms with Crippen molar-refractivity contribution >= 4 is 0 Å². The number of H-pyrrole nitrogens is 1. The minimum atomic E-state index is -0.0497. The smallest absolute Gasteiger partial charge is 0.325 e. The molecule has 0 atom stereocenters. The third kappa shape index (κ3) is 4.79. The van der Waals surface area contributed by atoms with Gasteiger partial charge in [0, 0.05) is 32.0 Å². The zero-order chi connectivity index (χ0) is 15.1. The van der Waals surface area contributed by atoms with Crippen molar-refractivity contribution in [3.63, 3.8) is 0 Å². The summed E-state index contributed by atoms with van der Waals surface area (Å²) in [6.07, 6.45) is 4.41. The van der Waals surface area contributed by atoms with Crippen LogP contribution in [0.4, 0.5) is 0 Å². The lowest BCUT2D eigenvalue weighted by Gasteiger charge is -2.17. The van der Waals surface area contributed by atoms with Gasteiger partial charge in [0.2, 0.25) is 0 Å². The summed E-state index contributed by atoms with van der Waals surface area (Å²) in [5.41, 5.74) is 1.11. The van der Waals surface area contributed by atoms with E-state index in [-0.39, 0.29) is 5.69 Å². The van der Waals surface area contributed by atoms with Gasteiger partial charge < -0.3 is 14.6 Å². The number of rotatable bonds is 8. The molecule has 21 heavy (non-hydrogen) atoms. The Balaban J connectivity index is 1.63. The molecule has 1 heterocycles. The lowest BCUT2D eigenvalue weighted by atomic mass is 10.2. The maximum absolute atomic E-state index is 11.3. The van der Waals surface area contributed by atoms with E-state index in [1.54, 1.807) is 17.0 Å². The largest absolute Gasteiger partial charge is 0.493 e. The predicted molar refractivity (Wildman–Crippen MR) is 83.8 cm³/mol. The first-order valence-electron chi connectivity index (χ1n) is 7.27. The molecule has 0 amide bonds. The monoisotopic (exact) mass is 289 g/mol. The molecule has 0 spiro atoms. The third-order valence-electron chi connectivity index (χ3n) is 3.48. The second-order valence-corrected chi connectivity index (χ2v) is 5.23. The number of hydrogen-bond donors (Lipinski definition) is 1. The van der Waals surface area contributed by atoms with Gasteiger partial charge in [-0.3, -0.25) is 4.57 Å². The summed E-state index contributed by atoms with van der Waals surface area (Å²) in [5.74, 6) is 0.957. The Labute approximate surface area is 125 Å². The summed E-state index contributed by atoms with van der Waals surface area (Å²) < 4.78 is 7.45. The average Bonchev–Trinajstić information content (AvgIpc) is 2.88. The fraction of sp³-hybridized carbons (Fsp3) is 0.438. The Morgan fingerprint density at radius 1 is 1.29 bits per heavy atom. The second kappa shape index (κ2) is 7.69. The fourth-order valence-electron chi connectivity index (χ4n) is 2.15. The molecule has 2 rings (SSSR count). The van der Waals surface area contributed by atoms with E-state index in [0.717, 1.165) is 30.8 Å². The number of aryl methyl sites for hydroxylation is 1. The van der Waals surface area contributed by atoms with Crippen molar-refractivity contribution in [2.75, 3.05) is 26.7 Å². The molecule has 0 aliphatic rings. The van der Waals surface area contributed by atoms with Crippen LogP contribution >= 0.6 is 0 Å². The van der Waals surface area contributed by atoms with Crippen LogP contribution in [0, 0.1) is 6.92 Å². The summed E-state index contributed by atoms with van der Waals surface area (Å²) >= 11 is 0. The van der Waals surface area contributed by atoms with Gasteiger partial charge in [-0.05, 0) is 32.0 Å². The number of likely N-dealkylation sites (N-methyl/N-ethyl adjacent to an activating group) is 1. The van der Waals surface area contributed by atoms with E-state index in [1.807, 2.05) is 18.2 Å². The summed E-state index contributed by atoms with van der Waals surface area (Å²) in [6, 6.07) is 8.05. The maximum Gasteiger partial charge on any atom is 0.325 e. The van der Waals surface area contributed by atoms with E-state index < -0.39 is 0 Å². The van der Waals surface area contributed by atoms with Crippen LogP contribution in [0.25, 0.3) is 0 Å². The molecular formula is C16H23N3O2. The molecule has 0 aliphatic heterocycles. The van der Waals surface area contributed by atoms with Crippen LogP contribution in [0.3, 0.4) is 0 Å². The molecule has 2 aromatic rings. The molecule has 0 fully saturated rings. The van der Waals surface area contributed by atoms with Crippen LogP contribution in [0.1, 0.15) is 12.0 Å². The summed E-state index contributed by atoms with van der Waals surface area (Å²) in [7, 11) is 2.06. The van der Waals surface area contributed by atoms with Crippen LogP contribution in [0.15, 0.2) is 41.5 Å². The van der Waals surface area contributed by atoms with Crippen molar-refractivity contribution in [1.82, 2.24) is 14.5 Å². The van der Waals surface area contributed by atoms with Gasteiger partial charge in [0.05, 0.1) is 6.61 Å². The van der Waals surface area contributed by atoms with Gasteiger partial charge in [-0.1, -0.05) is 18.2 Å². The van der Waals surface area contributed by atoms with Gasteiger partial charge in [-0.25, -0.2) is 4.79 Å². The van der Waals surface area contributed by atoms with E-state index in [1.165, 1.54) is 0 Å². The van der Waals surface area contributed by atoms with Crippen molar-refractivity contribution in [1.29, 1.82) is 0 Å². The van der Waals surface area contributed by atoms with E-state index in [4.69, 9.17) is 4.74 Å². The van der Waals surface area contributed by atoms with Gasteiger partial charge in [0.25, 0.3) is 0 Å².